The molecule has 4 heteroatoms. The highest BCUT2D eigenvalue weighted by Crippen LogP contribution is 2.21. The van der Waals surface area contributed by atoms with E-state index >= 15 is 0 Å². The number of carbonyl (C=O) groups is 2. The molecule has 1 N–H and O–H groups in total. The second-order valence-corrected chi connectivity index (χ2v) is 4.62. The van der Waals surface area contributed by atoms with Crippen LogP contribution in [0.25, 0.3) is 0 Å². The summed E-state index contributed by atoms with van der Waals surface area (Å²) >= 11 is 0. The quantitative estimate of drug-likeness (QED) is 0.831. The summed E-state index contributed by atoms with van der Waals surface area (Å²) < 4.78 is 0. The molecule has 1 saturated heterocycles. The second-order valence-electron chi connectivity index (χ2n) is 4.62. The van der Waals surface area contributed by atoms with Crippen LogP contribution in [0.2, 0.25) is 0 Å². The van der Waals surface area contributed by atoms with E-state index in [0.29, 0.717) is 13.1 Å². The zero-order chi connectivity index (χ0) is 13.8. The summed E-state index contributed by atoms with van der Waals surface area (Å²) in [6.07, 6.45) is 1.64. The fourth-order valence-corrected chi connectivity index (χ4v) is 2.30. The lowest BCUT2D eigenvalue weighted by molar-refractivity contribution is -0.142. The summed E-state index contributed by atoms with van der Waals surface area (Å²) in [5.74, 6) is -0.562. The third-order valence-electron chi connectivity index (χ3n) is 3.44. The van der Waals surface area contributed by atoms with E-state index in [0.717, 1.165) is 5.56 Å². The first-order chi connectivity index (χ1) is 9.15. The molecule has 1 fully saturated rings. The van der Waals surface area contributed by atoms with Crippen molar-refractivity contribution in [3.8, 4) is 0 Å². The van der Waals surface area contributed by atoms with Gasteiger partial charge in [-0.05, 0) is 12.5 Å². The number of nitrogens with one attached hydrogen (secondary N) is 1. The van der Waals surface area contributed by atoms with Gasteiger partial charge in [-0.2, -0.15) is 0 Å². The Morgan fingerprint density at radius 3 is 2.79 bits per heavy atom. The summed E-state index contributed by atoms with van der Waals surface area (Å²) in [4.78, 5) is 25.8. The van der Waals surface area contributed by atoms with Crippen molar-refractivity contribution in [3.63, 3.8) is 0 Å². The maximum absolute atomic E-state index is 12.6. The molecule has 1 heterocycles. The SMILES string of the molecule is C=CC(C(=O)N1CCNC(=O)C1C)c1ccccc1. The Labute approximate surface area is 113 Å². The molecule has 2 unspecified atom stereocenters. The minimum absolute atomic E-state index is 0.0662. The van der Waals surface area contributed by atoms with Gasteiger partial charge >= 0.3 is 0 Å². The van der Waals surface area contributed by atoms with Crippen LogP contribution in [-0.2, 0) is 9.59 Å². The van der Waals surface area contributed by atoms with E-state index in [2.05, 4.69) is 11.9 Å². The first-order valence-corrected chi connectivity index (χ1v) is 6.41. The lowest BCUT2D eigenvalue weighted by Gasteiger charge is -2.34. The topological polar surface area (TPSA) is 49.4 Å². The van der Waals surface area contributed by atoms with Crippen LogP contribution >= 0.6 is 0 Å². The number of rotatable bonds is 3. The van der Waals surface area contributed by atoms with Crippen LogP contribution in [0, 0.1) is 0 Å². The Hall–Kier alpha value is -2.10. The third-order valence-corrected chi connectivity index (χ3v) is 3.44. The lowest BCUT2D eigenvalue weighted by Crippen LogP contribution is -2.56. The molecule has 0 aromatic heterocycles. The largest absolute Gasteiger partial charge is 0.353 e. The second kappa shape index (κ2) is 5.69. The van der Waals surface area contributed by atoms with E-state index in [4.69, 9.17) is 0 Å². The minimum atomic E-state index is -0.424. The summed E-state index contributed by atoms with van der Waals surface area (Å²) in [5, 5.41) is 2.75. The Balaban J connectivity index is 2.22. The maximum atomic E-state index is 12.6. The van der Waals surface area contributed by atoms with E-state index in [-0.39, 0.29) is 11.8 Å². The van der Waals surface area contributed by atoms with E-state index in [1.165, 1.54) is 0 Å². The smallest absolute Gasteiger partial charge is 0.242 e. The Morgan fingerprint density at radius 1 is 1.47 bits per heavy atom. The predicted octanol–water partition coefficient (Wildman–Crippen LogP) is 1.30. The number of nitrogens with zero attached hydrogens (tertiary/aromatic N) is 1. The summed E-state index contributed by atoms with van der Waals surface area (Å²) in [6, 6.07) is 9.08. The fraction of sp³-hybridized carbons (Fsp3) is 0.333. The number of benzene rings is 1. The van der Waals surface area contributed by atoms with Gasteiger partial charge in [0.1, 0.15) is 6.04 Å². The van der Waals surface area contributed by atoms with Gasteiger partial charge in [-0.15, -0.1) is 6.58 Å². The molecule has 0 spiro atoms. The standard InChI is InChI=1S/C15H18N2O2/c1-3-13(12-7-5-4-6-8-12)15(19)17-10-9-16-14(18)11(17)2/h3-8,11,13H,1,9-10H2,2H3,(H,16,18). The summed E-state index contributed by atoms with van der Waals surface area (Å²) in [5.41, 5.74) is 0.903. The molecule has 4 nitrogen and oxygen atoms in total. The van der Waals surface area contributed by atoms with Crippen LogP contribution in [0.4, 0.5) is 0 Å². The highest BCUT2D eigenvalue weighted by Gasteiger charge is 2.32. The van der Waals surface area contributed by atoms with E-state index in [1.807, 2.05) is 30.3 Å². The molecular formula is C15H18N2O2. The highest BCUT2D eigenvalue weighted by molar-refractivity contribution is 5.92. The Morgan fingerprint density at radius 2 is 2.16 bits per heavy atom. The first kappa shape index (κ1) is 13.3. The van der Waals surface area contributed by atoms with Gasteiger partial charge in [0.25, 0.3) is 0 Å². The van der Waals surface area contributed by atoms with Gasteiger partial charge in [-0.3, -0.25) is 9.59 Å². The van der Waals surface area contributed by atoms with Crippen molar-refractivity contribution in [2.75, 3.05) is 13.1 Å². The monoisotopic (exact) mass is 258 g/mol. The van der Waals surface area contributed by atoms with E-state index < -0.39 is 12.0 Å². The molecule has 100 valence electrons. The molecule has 2 atom stereocenters. The number of piperazine rings is 1. The molecule has 1 aliphatic heterocycles. The van der Waals surface area contributed by atoms with Crippen molar-refractivity contribution in [2.45, 2.75) is 18.9 Å². The Bertz CT molecular complexity index is 484. The van der Waals surface area contributed by atoms with Crippen LogP contribution in [0.5, 0.6) is 0 Å². The molecule has 0 radical (unpaired) electrons. The maximum Gasteiger partial charge on any atom is 0.242 e. The molecule has 1 aromatic carbocycles. The molecule has 2 amide bonds. The van der Waals surface area contributed by atoms with Gasteiger partial charge in [0.05, 0.1) is 5.92 Å². The molecule has 1 aliphatic rings. The molecule has 19 heavy (non-hydrogen) atoms. The molecular weight excluding hydrogens is 240 g/mol. The van der Waals surface area contributed by atoms with Crippen LogP contribution in [-0.4, -0.2) is 35.8 Å². The predicted molar refractivity (Wildman–Crippen MR) is 73.6 cm³/mol. The fourth-order valence-electron chi connectivity index (χ4n) is 2.30. The molecule has 0 aliphatic carbocycles. The van der Waals surface area contributed by atoms with Crippen molar-refractivity contribution < 1.29 is 9.59 Å². The van der Waals surface area contributed by atoms with Crippen molar-refractivity contribution in [1.82, 2.24) is 10.2 Å². The van der Waals surface area contributed by atoms with Crippen LogP contribution in [0.1, 0.15) is 18.4 Å². The minimum Gasteiger partial charge on any atom is -0.353 e. The van der Waals surface area contributed by atoms with Gasteiger partial charge in [0.15, 0.2) is 0 Å². The van der Waals surface area contributed by atoms with E-state index in [9.17, 15) is 9.59 Å². The lowest BCUT2D eigenvalue weighted by atomic mass is 9.96. The van der Waals surface area contributed by atoms with Gasteiger partial charge in [0, 0.05) is 13.1 Å². The zero-order valence-electron chi connectivity index (χ0n) is 11.0. The number of hydrogen-bond donors (Lipinski definition) is 1. The number of amides is 2. The van der Waals surface area contributed by atoms with Crippen molar-refractivity contribution in [2.24, 2.45) is 0 Å². The summed E-state index contributed by atoms with van der Waals surface area (Å²) in [6.45, 7) is 6.55. The van der Waals surface area contributed by atoms with Crippen LogP contribution in [0.15, 0.2) is 43.0 Å². The third kappa shape index (κ3) is 2.67. The normalized spacial score (nSPS) is 20.6. The zero-order valence-corrected chi connectivity index (χ0v) is 11.0. The molecule has 2 rings (SSSR count). The first-order valence-electron chi connectivity index (χ1n) is 6.41. The van der Waals surface area contributed by atoms with Crippen molar-refractivity contribution in [1.29, 1.82) is 0 Å². The van der Waals surface area contributed by atoms with Crippen molar-refractivity contribution in [3.05, 3.63) is 48.6 Å². The molecule has 1 aromatic rings. The summed E-state index contributed by atoms with van der Waals surface area (Å²) in [7, 11) is 0. The average Bonchev–Trinajstić information content (AvgIpc) is 2.44. The van der Waals surface area contributed by atoms with Gasteiger partial charge in [-0.1, -0.05) is 36.4 Å². The molecule has 0 saturated carbocycles. The van der Waals surface area contributed by atoms with Gasteiger partial charge < -0.3 is 10.2 Å². The van der Waals surface area contributed by atoms with Crippen LogP contribution < -0.4 is 5.32 Å². The van der Waals surface area contributed by atoms with Crippen molar-refractivity contribution >= 4 is 11.8 Å². The molecule has 0 bridgehead atoms. The van der Waals surface area contributed by atoms with Gasteiger partial charge in [-0.25, -0.2) is 0 Å². The average molecular weight is 258 g/mol. The van der Waals surface area contributed by atoms with Crippen LogP contribution in [0.3, 0.4) is 0 Å². The number of carbonyl (C=O) groups excluding carboxylic acids is 2. The number of hydrogen-bond acceptors (Lipinski definition) is 2. The van der Waals surface area contributed by atoms with Gasteiger partial charge in [0.2, 0.25) is 11.8 Å². The Kier molecular flexibility index (Phi) is 4.00. The van der Waals surface area contributed by atoms with E-state index in [1.54, 1.807) is 17.9 Å². The highest BCUT2D eigenvalue weighted by atomic mass is 16.2.